The number of nitrogens with zero attached hydrogens (tertiary/aromatic N) is 16. The molecule has 0 saturated carbocycles. The summed E-state index contributed by atoms with van der Waals surface area (Å²) in [4.78, 5) is 88.8. The summed E-state index contributed by atoms with van der Waals surface area (Å²) < 4.78 is 2.63. The van der Waals surface area contributed by atoms with Gasteiger partial charge in [0.1, 0.15) is 116 Å². The molecule has 0 aliphatic heterocycles. The molecule has 0 fully saturated rings. The van der Waals surface area contributed by atoms with E-state index in [0.717, 1.165) is 48.9 Å². The number of fused-ring (bicyclic) bond motifs is 7. The van der Waals surface area contributed by atoms with Crippen molar-refractivity contribution in [1.82, 2.24) is 94.3 Å². The Kier molecular flexibility index (Phi) is 19.6. The number of anilines is 1. The number of rotatable bonds is 6. The molecule has 0 bridgehead atoms. The number of H-pyrrole nitrogens is 6. The van der Waals surface area contributed by atoms with Crippen molar-refractivity contribution in [1.29, 1.82) is 10.5 Å². The number of carbonyl (C=O) groups excluding carboxylic acids is 1. The molecule has 0 amide bonds. The summed E-state index contributed by atoms with van der Waals surface area (Å²) in [5.41, 5.74) is 8.42. The van der Waals surface area contributed by atoms with Crippen molar-refractivity contribution in [2.24, 2.45) is 5.16 Å². The number of aromatic nitrogens is 19. The van der Waals surface area contributed by atoms with Gasteiger partial charge in [-0.2, -0.15) is 10.5 Å². The number of carbonyl (C=O) groups is 1. The van der Waals surface area contributed by atoms with Gasteiger partial charge in [-0.05, 0) is 65.0 Å². The number of halogens is 6. The number of aromatic amines is 6. The highest BCUT2D eigenvalue weighted by molar-refractivity contribution is 9.10. The van der Waals surface area contributed by atoms with E-state index in [1.165, 1.54) is 44.2 Å². The number of nitriles is 2. The van der Waals surface area contributed by atoms with Gasteiger partial charge in [0.05, 0.1) is 61.1 Å². The largest absolute Gasteiger partial charge is 0.411 e. The van der Waals surface area contributed by atoms with Crippen molar-refractivity contribution in [2.75, 3.05) is 5.32 Å². The first kappa shape index (κ1) is 62.3. The summed E-state index contributed by atoms with van der Waals surface area (Å²) in [5.74, 6) is 0.539. The zero-order valence-corrected chi connectivity index (χ0v) is 51.5. The Labute approximate surface area is 538 Å². The molecule has 15 aromatic rings. The van der Waals surface area contributed by atoms with Crippen molar-refractivity contribution >= 4 is 169 Å². The standard InChI is InChI=1S/C25H20N6O.C7H5ClN4O.C7H3ClN4.C7H4ClN3O.C6H3BrClN3.C6H4ClN3/c1-15-7-6-8-17-11-20(31(25(32)21(15)17)19-9-4-3-5-10-19)16(2)30-24-22-18(12-26)13-27-23(22)28-14-29-24;8-6-5-4(2-12-13)1-9-7(5)11-3-10-6;8-6-5-4(1-9)2-10-7(5)12-3-11-6;8-6-5-4(2-12)1-9-7(5)11-3-10-6;7-3-1-9-6-4(3)5(8)10-2-11-6;7-5-4-1-2-8-6(4)10-3-9-5/h3-11,13-14,16H,1-2H3,(H2,27,28,29,30);1-3,13H,(H,9,10,11);2-3H,(H,10,11,12);1-3H,(H,9,10,11);1-2H,(H,9,10,11);1-3H,(H,8,9,10)/b;12-2-;;;;/t16-;;;;;/m0...../s1. The van der Waals surface area contributed by atoms with E-state index in [4.69, 9.17) is 68.5 Å². The zero-order valence-electron chi connectivity index (χ0n) is 46.1. The first-order valence-electron chi connectivity index (χ1n) is 25.9. The molecule has 13 aromatic heterocycles. The Balaban J connectivity index is 0.000000128. The van der Waals surface area contributed by atoms with Crippen LogP contribution in [0.2, 0.25) is 25.8 Å². The molecular weight excluding hydrogens is 1320 g/mol. The highest BCUT2D eigenvalue weighted by atomic mass is 79.9. The molecule has 446 valence electrons. The molecule has 1 atom stereocenters. The topological polar surface area (TPSA) is 381 Å². The summed E-state index contributed by atoms with van der Waals surface area (Å²) in [6.07, 6.45) is 20.3. The summed E-state index contributed by atoms with van der Waals surface area (Å²) in [7, 11) is 0. The number of hydrogen-bond donors (Lipinski definition) is 8. The average molecular weight is 1360 g/mol. The van der Waals surface area contributed by atoms with Crippen LogP contribution in [0.5, 0.6) is 0 Å². The molecule has 15 rings (SSSR count). The van der Waals surface area contributed by atoms with Crippen LogP contribution in [0.4, 0.5) is 5.82 Å². The Morgan fingerprint density at radius 1 is 0.578 bits per heavy atom. The fourth-order valence-corrected chi connectivity index (χ4v) is 10.8. The molecule has 0 unspecified atom stereocenters. The van der Waals surface area contributed by atoms with Gasteiger partial charge in [-0.25, -0.2) is 59.8 Å². The number of pyridine rings is 1. The van der Waals surface area contributed by atoms with Gasteiger partial charge < -0.3 is 40.4 Å². The molecule has 0 aliphatic carbocycles. The van der Waals surface area contributed by atoms with Crippen molar-refractivity contribution in [3.8, 4) is 17.8 Å². The Bertz CT molecular complexity index is 5260. The Morgan fingerprint density at radius 2 is 1.08 bits per heavy atom. The lowest BCUT2D eigenvalue weighted by Gasteiger charge is -2.22. The van der Waals surface area contributed by atoms with E-state index in [0.29, 0.717) is 110 Å². The lowest BCUT2D eigenvalue weighted by atomic mass is 10.0. The van der Waals surface area contributed by atoms with Crippen LogP contribution in [0.25, 0.3) is 82.7 Å². The number of benzene rings is 2. The summed E-state index contributed by atoms with van der Waals surface area (Å²) >= 11 is 32.2. The van der Waals surface area contributed by atoms with E-state index in [-0.39, 0.29) is 11.6 Å². The quantitative estimate of drug-likeness (QED) is 0.0252. The van der Waals surface area contributed by atoms with Gasteiger partial charge in [0.2, 0.25) is 0 Å². The van der Waals surface area contributed by atoms with E-state index < -0.39 is 0 Å². The number of oxime groups is 1. The predicted octanol–water partition coefficient (Wildman–Crippen LogP) is 12.9. The van der Waals surface area contributed by atoms with Crippen LogP contribution in [0.3, 0.4) is 0 Å². The van der Waals surface area contributed by atoms with Gasteiger partial charge >= 0.3 is 0 Å². The van der Waals surface area contributed by atoms with Crippen molar-refractivity contribution in [2.45, 2.75) is 19.9 Å². The molecule has 0 spiro atoms. The summed E-state index contributed by atoms with van der Waals surface area (Å²) in [6, 6.07) is 23.2. The molecule has 0 aliphatic rings. The molecule has 32 heteroatoms. The van der Waals surface area contributed by atoms with Crippen molar-refractivity contribution < 1.29 is 10.0 Å². The van der Waals surface area contributed by atoms with Crippen LogP contribution >= 0.6 is 73.9 Å². The number of aryl methyl sites for hydroxylation is 1. The van der Waals surface area contributed by atoms with Gasteiger partial charge in [0.25, 0.3) is 5.56 Å². The minimum atomic E-state index is -0.285. The normalized spacial score (nSPS) is 11.1. The molecule has 8 N–H and O–H groups in total. The average Bonchev–Trinajstić information content (AvgIpc) is 1.25. The lowest BCUT2D eigenvalue weighted by Crippen LogP contribution is -2.26. The van der Waals surface area contributed by atoms with Crippen LogP contribution in [-0.2, 0) is 0 Å². The van der Waals surface area contributed by atoms with Crippen molar-refractivity contribution in [3.05, 3.63) is 210 Å². The molecule has 0 saturated heterocycles. The number of nitrogens with one attached hydrogen (secondary N) is 7. The second-order valence-electron chi connectivity index (χ2n) is 18.5. The highest BCUT2D eigenvalue weighted by Gasteiger charge is 2.20. The SMILES string of the molecule is Cc1cccc2cc([C@H](C)Nc3ncnc4[nH]cc(C#N)c34)n(-c3ccccc3)c(=O)c12.Clc1ncnc2[nH]cc(Br)c12.Clc1ncnc2[nH]ccc12.N#Cc1c[nH]c2ncnc(Cl)c12.O/N=C\c1c[nH]c2ncnc(Cl)c12.O=Cc1c[nH]c2ncnc(Cl)c12. The van der Waals surface area contributed by atoms with Gasteiger partial charge in [0, 0.05) is 64.2 Å². The third-order valence-electron chi connectivity index (χ3n) is 13.1. The van der Waals surface area contributed by atoms with Crippen LogP contribution in [0.1, 0.15) is 51.3 Å². The Hall–Kier alpha value is -10.8. The molecular formula is C58H39BrCl5N23O3. The van der Waals surface area contributed by atoms with Crippen molar-refractivity contribution in [3.63, 3.8) is 0 Å². The predicted molar refractivity (Wildman–Crippen MR) is 347 cm³/mol. The fraction of sp³-hybridized carbons (Fsp3) is 0.0517. The van der Waals surface area contributed by atoms with E-state index in [1.54, 1.807) is 41.7 Å². The molecule has 26 nitrogen and oxygen atoms in total. The molecule has 2 aromatic carbocycles. The van der Waals surface area contributed by atoms with E-state index in [1.807, 2.05) is 80.6 Å². The van der Waals surface area contributed by atoms with E-state index >= 15 is 0 Å². The summed E-state index contributed by atoms with van der Waals surface area (Å²) in [5, 5.41) is 40.4. The summed E-state index contributed by atoms with van der Waals surface area (Å²) in [6.45, 7) is 3.93. The van der Waals surface area contributed by atoms with Crippen LogP contribution in [0, 0.1) is 29.6 Å². The minimum Gasteiger partial charge on any atom is -0.411 e. The second-order valence-corrected chi connectivity index (χ2v) is 21.1. The first-order chi connectivity index (χ1) is 43.7. The maximum absolute atomic E-state index is 13.7. The zero-order chi connectivity index (χ0) is 63.4. The fourth-order valence-electron chi connectivity index (χ4n) is 9.05. The highest BCUT2D eigenvalue weighted by Crippen LogP contribution is 2.31. The Morgan fingerprint density at radius 3 is 1.67 bits per heavy atom. The van der Waals surface area contributed by atoms with E-state index in [9.17, 15) is 14.9 Å². The van der Waals surface area contributed by atoms with Gasteiger partial charge in [-0.1, -0.05) is 99.6 Å². The van der Waals surface area contributed by atoms with Gasteiger partial charge in [-0.15, -0.1) is 0 Å². The maximum Gasteiger partial charge on any atom is 0.263 e. The third-order valence-corrected chi connectivity index (χ3v) is 15.2. The van der Waals surface area contributed by atoms with Gasteiger partial charge in [0.15, 0.2) is 6.29 Å². The van der Waals surface area contributed by atoms with Crippen LogP contribution < -0.4 is 10.9 Å². The molecule has 0 radical (unpaired) electrons. The minimum absolute atomic E-state index is 0.0670. The first-order valence-corrected chi connectivity index (χ1v) is 28.6. The van der Waals surface area contributed by atoms with E-state index in [2.05, 4.69) is 122 Å². The number of aldehydes is 1. The van der Waals surface area contributed by atoms with Gasteiger partial charge in [-0.3, -0.25) is 14.2 Å². The van der Waals surface area contributed by atoms with Crippen LogP contribution in [0.15, 0.2) is 150 Å². The molecule has 90 heavy (non-hydrogen) atoms. The lowest BCUT2D eigenvalue weighted by molar-refractivity contribution is 0.112. The van der Waals surface area contributed by atoms with Crippen LogP contribution in [-0.4, -0.2) is 112 Å². The second kappa shape index (κ2) is 28.4. The third kappa shape index (κ3) is 13.4. The number of hydrogen-bond acceptors (Lipinski definition) is 19. The number of para-hydroxylation sites is 1. The molecule has 13 heterocycles. The monoisotopic (exact) mass is 1360 g/mol. The smallest absolute Gasteiger partial charge is 0.263 e. The maximum atomic E-state index is 13.7.